The van der Waals surface area contributed by atoms with Crippen LogP contribution in [-0.2, 0) is 16.0 Å². The number of thiocarbonyl (C=S) groups is 1. The van der Waals surface area contributed by atoms with Gasteiger partial charge in [-0.1, -0.05) is 43.0 Å². The Morgan fingerprint density at radius 3 is 2.52 bits per heavy atom. The molecule has 3 rings (SSSR count). The fourth-order valence-electron chi connectivity index (χ4n) is 3.12. The van der Waals surface area contributed by atoms with E-state index in [1.807, 2.05) is 19.9 Å². The van der Waals surface area contributed by atoms with E-state index >= 15 is 0 Å². The highest BCUT2D eigenvalue weighted by atomic mass is 32.2. The first-order valence-corrected chi connectivity index (χ1v) is 9.79. The number of hydrogen-bond acceptors (Lipinski definition) is 4. The molecule has 1 N–H and O–H groups in total. The third-order valence-corrected chi connectivity index (χ3v) is 5.90. The highest BCUT2D eigenvalue weighted by Gasteiger charge is 2.33. The molecule has 27 heavy (non-hydrogen) atoms. The summed E-state index contributed by atoms with van der Waals surface area (Å²) >= 11 is 6.29. The van der Waals surface area contributed by atoms with Gasteiger partial charge in [0.1, 0.15) is 10.9 Å². The van der Waals surface area contributed by atoms with Crippen LogP contribution in [0.1, 0.15) is 29.4 Å². The second-order valence-corrected chi connectivity index (χ2v) is 8.02. The fourth-order valence-corrected chi connectivity index (χ4v) is 4.37. The van der Waals surface area contributed by atoms with Crippen molar-refractivity contribution in [2.45, 2.75) is 27.2 Å². The van der Waals surface area contributed by atoms with Crippen molar-refractivity contribution in [1.29, 1.82) is 0 Å². The van der Waals surface area contributed by atoms with Gasteiger partial charge in [-0.25, -0.2) is 0 Å². The molecule has 2 heterocycles. The summed E-state index contributed by atoms with van der Waals surface area (Å²) in [6.07, 6.45) is 2.79. The van der Waals surface area contributed by atoms with Crippen molar-refractivity contribution in [3.63, 3.8) is 0 Å². The minimum absolute atomic E-state index is 0.276. The molecule has 0 unspecified atom stereocenters. The average molecular weight is 401 g/mol. The average Bonchev–Trinajstić information content (AvgIpc) is 3.05. The predicted octanol–water partition coefficient (Wildman–Crippen LogP) is 3.94. The third-order valence-electron chi connectivity index (χ3n) is 4.53. The lowest BCUT2D eigenvalue weighted by Gasteiger charge is -2.10. The molecule has 2 aromatic rings. The zero-order chi connectivity index (χ0) is 19.7. The number of carboxylic acid groups (broad SMARTS) is 1. The molecule has 1 aliphatic rings. The van der Waals surface area contributed by atoms with Gasteiger partial charge in [0.25, 0.3) is 5.91 Å². The van der Waals surface area contributed by atoms with Crippen LogP contribution in [0, 0.1) is 13.8 Å². The number of aromatic nitrogens is 1. The maximum Gasteiger partial charge on any atom is 0.323 e. The predicted molar refractivity (Wildman–Crippen MR) is 112 cm³/mol. The van der Waals surface area contributed by atoms with Gasteiger partial charge < -0.3 is 9.67 Å². The maximum absolute atomic E-state index is 12.5. The van der Waals surface area contributed by atoms with Crippen LogP contribution in [0.3, 0.4) is 0 Å². The van der Waals surface area contributed by atoms with Crippen molar-refractivity contribution < 1.29 is 14.7 Å². The largest absolute Gasteiger partial charge is 0.480 e. The van der Waals surface area contributed by atoms with Crippen LogP contribution in [0.4, 0.5) is 0 Å². The van der Waals surface area contributed by atoms with Gasteiger partial charge in [0.15, 0.2) is 0 Å². The number of rotatable bonds is 5. The fraction of sp³-hybridized carbons (Fsp3) is 0.250. The van der Waals surface area contributed by atoms with Gasteiger partial charge in [-0.3, -0.25) is 14.5 Å². The quantitative estimate of drug-likeness (QED) is 0.608. The molecule has 1 amide bonds. The van der Waals surface area contributed by atoms with Crippen LogP contribution in [0.25, 0.3) is 11.8 Å². The number of nitrogens with zero attached hydrogens (tertiary/aromatic N) is 2. The maximum atomic E-state index is 12.5. The van der Waals surface area contributed by atoms with E-state index in [4.69, 9.17) is 17.3 Å². The van der Waals surface area contributed by atoms with Crippen LogP contribution < -0.4 is 0 Å². The molecule has 7 heteroatoms. The zero-order valence-electron chi connectivity index (χ0n) is 15.4. The molecule has 0 atom stereocenters. The first kappa shape index (κ1) is 19.4. The summed E-state index contributed by atoms with van der Waals surface area (Å²) in [4.78, 5) is 25.0. The van der Waals surface area contributed by atoms with Gasteiger partial charge in [-0.2, -0.15) is 0 Å². The monoisotopic (exact) mass is 400 g/mol. The molecule has 0 spiro atoms. The lowest BCUT2D eigenvalue weighted by atomic mass is 10.1. The highest BCUT2D eigenvalue weighted by Crippen LogP contribution is 2.33. The number of carbonyl (C=O) groups is 2. The Hall–Kier alpha value is -2.38. The molecule has 0 aliphatic carbocycles. The van der Waals surface area contributed by atoms with E-state index in [2.05, 4.69) is 35.8 Å². The summed E-state index contributed by atoms with van der Waals surface area (Å²) < 4.78 is 2.42. The summed E-state index contributed by atoms with van der Waals surface area (Å²) in [7, 11) is 0. The van der Waals surface area contributed by atoms with Crippen molar-refractivity contribution in [2.24, 2.45) is 0 Å². The van der Waals surface area contributed by atoms with Crippen molar-refractivity contribution >= 4 is 46.3 Å². The molecule has 5 nitrogen and oxygen atoms in total. The summed E-state index contributed by atoms with van der Waals surface area (Å²) in [6.45, 7) is 5.74. The Kier molecular flexibility index (Phi) is 5.53. The van der Waals surface area contributed by atoms with E-state index in [0.717, 1.165) is 45.7 Å². The molecule has 0 bridgehead atoms. The SMILES string of the molecule is CCc1ccc(-n2c(C)cc(/C=C3/SC(=S)N(CC(=O)O)C3=O)c2C)cc1. The molecule has 0 saturated carbocycles. The minimum atomic E-state index is -1.08. The van der Waals surface area contributed by atoms with Crippen LogP contribution in [0.15, 0.2) is 35.2 Å². The molecular weight excluding hydrogens is 380 g/mol. The number of thioether (sulfide) groups is 1. The van der Waals surface area contributed by atoms with Crippen LogP contribution in [-0.4, -0.2) is 37.3 Å². The first-order valence-electron chi connectivity index (χ1n) is 8.57. The zero-order valence-corrected chi connectivity index (χ0v) is 17.0. The second kappa shape index (κ2) is 7.70. The summed E-state index contributed by atoms with van der Waals surface area (Å²) in [5, 5.41) is 8.95. The number of hydrogen-bond donors (Lipinski definition) is 1. The van der Waals surface area contributed by atoms with Crippen molar-refractivity contribution in [3.05, 3.63) is 57.8 Å². The summed E-state index contributed by atoms with van der Waals surface area (Å²) in [6, 6.07) is 10.4. The topological polar surface area (TPSA) is 62.5 Å². The van der Waals surface area contributed by atoms with Crippen LogP contribution >= 0.6 is 24.0 Å². The molecule has 1 fully saturated rings. The molecule has 140 valence electrons. The summed E-state index contributed by atoms with van der Waals surface area (Å²) in [5.41, 5.74) is 5.34. The van der Waals surface area contributed by atoms with Gasteiger partial charge in [0, 0.05) is 17.1 Å². The van der Waals surface area contributed by atoms with E-state index < -0.39 is 12.5 Å². The Bertz CT molecular complexity index is 958. The molecule has 1 aliphatic heterocycles. The van der Waals surface area contributed by atoms with E-state index in [1.165, 1.54) is 5.56 Å². The molecule has 0 radical (unpaired) electrons. The molecule has 1 aromatic heterocycles. The van der Waals surface area contributed by atoms with E-state index in [0.29, 0.717) is 4.91 Å². The standard InChI is InChI=1S/C20H20N2O3S2/c1-4-14-5-7-16(8-6-14)22-12(2)9-15(13(22)3)10-17-19(25)21(11-18(23)24)20(26)27-17/h5-10H,4,11H2,1-3H3,(H,23,24)/b17-10+. The highest BCUT2D eigenvalue weighted by molar-refractivity contribution is 8.26. The first-order chi connectivity index (χ1) is 12.8. The number of amides is 1. The van der Waals surface area contributed by atoms with E-state index in [-0.39, 0.29) is 10.2 Å². The lowest BCUT2D eigenvalue weighted by molar-refractivity contribution is -0.140. The van der Waals surface area contributed by atoms with Crippen molar-refractivity contribution in [1.82, 2.24) is 9.47 Å². The van der Waals surface area contributed by atoms with E-state index in [1.54, 1.807) is 6.08 Å². The summed E-state index contributed by atoms with van der Waals surface area (Å²) in [5.74, 6) is -1.44. The third kappa shape index (κ3) is 3.84. The van der Waals surface area contributed by atoms with Crippen molar-refractivity contribution in [3.8, 4) is 5.69 Å². The number of carbonyl (C=O) groups excluding carboxylic acids is 1. The Balaban J connectivity index is 1.95. The number of aryl methyl sites for hydroxylation is 2. The van der Waals surface area contributed by atoms with Crippen LogP contribution in [0.2, 0.25) is 0 Å². The van der Waals surface area contributed by atoms with Gasteiger partial charge in [0.05, 0.1) is 4.91 Å². The number of aliphatic carboxylic acids is 1. The van der Waals surface area contributed by atoms with Crippen LogP contribution in [0.5, 0.6) is 0 Å². The van der Waals surface area contributed by atoms with Gasteiger partial charge in [-0.15, -0.1) is 0 Å². The normalized spacial score (nSPS) is 15.8. The number of benzene rings is 1. The second-order valence-electron chi connectivity index (χ2n) is 6.34. The minimum Gasteiger partial charge on any atom is -0.480 e. The molecular formula is C20H20N2O3S2. The smallest absolute Gasteiger partial charge is 0.323 e. The Labute approximate surface area is 167 Å². The number of carboxylic acids is 1. The Morgan fingerprint density at radius 1 is 1.26 bits per heavy atom. The molecule has 1 aromatic carbocycles. The molecule has 1 saturated heterocycles. The lowest BCUT2D eigenvalue weighted by Crippen LogP contribution is -2.33. The Morgan fingerprint density at radius 2 is 1.93 bits per heavy atom. The van der Waals surface area contributed by atoms with Gasteiger partial charge >= 0.3 is 5.97 Å². The van der Waals surface area contributed by atoms with Gasteiger partial charge in [-0.05, 0) is 55.7 Å². The van der Waals surface area contributed by atoms with Gasteiger partial charge in [0.2, 0.25) is 0 Å². The van der Waals surface area contributed by atoms with Crippen molar-refractivity contribution in [2.75, 3.05) is 6.54 Å². The van der Waals surface area contributed by atoms with E-state index in [9.17, 15) is 9.59 Å².